The molecule has 0 spiro atoms. The maximum Gasteiger partial charge on any atom is 0.315 e. The van der Waals surface area contributed by atoms with E-state index in [1.807, 2.05) is 57.6 Å². The maximum absolute atomic E-state index is 11.9. The molecular formula is C18H26N4O2. The Kier molecular flexibility index (Phi) is 5.98. The van der Waals surface area contributed by atoms with Crippen LogP contribution in [0.5, 0.6) is 0 Å². The largest absolute Gasteiger partial charge is 0.396 e. The Morgan fingerprint density at radius 3 is 2.75 bits per heavy atom. The summed E-state index contributed by atoms with van der Waals surface area (Å²) in [4.78, 5) is 11.9. The van der Waals surface area contributed by atoms with Gasteiger partial charge in [-0.05, 0) is 29.0 Å². The molecule has 3 N–H and O–H groups in total. The zero-order valence-corrected chi connectivity index (χ0v) is 14.5. The van der Waals surface area contributed by atoms with Gasteiger partial charge in [0.05, 0.1) is 6.20 Å². The van der Waals surface area contributed by atoms with E-state index in [9.17, 15) is 4.79 Å². The highest BCUT2D eigenvalue weighted by Gasteiger charge is 2.17. The summed E-state index contributed by atoms with van der Waals surface area (Å²) in [6.45, 7) is 5.13. The van der Waals surface area contributed by atoms with Gasteiger partial charge in [-0.3, -0.25) is 4.68 Å². The minimum atomic E-state index is -0.201. The normalized spacial score (nSPS) is 11.3. The average molecular weight is 330 g/mol. The fourth-order valence-electron chi connectivity index (χ4n) is 2.39. The number of hydrogen-bond acceptors (Lipinski definition) is 3. The average Bonchev–Trinajstić information content (AvgIpc) is 2.98. The first-order valence-corrected chi connectivity index (χ1v) is 8.10. The molecule has 0 bridgehead atoms. The number of amides is 2. The van der Waals surface area contributed by atoms with Crippen molar-refractivity contribution in [2.75, 3.05) is 13.2 Å². The molecule has 2 rings (SSSR count). The predicted molar refractivity (Wildman–Crippen MR) is 94.4 cm³/mol. The molecule has 0 aliphatic rings. The van der Waals surface area contributed by atoms with Crippen molar-refractivity contribution in [2.24, 2.45) is 12.5 Å². The van der Waals surface area contributed by atoms with Gasteiger partial charge in [0.15, 0.2) is 0 Å². The first-order valence-electron chi connectivity index (χ1n) is 8.10. The Morgan fingerprint density at radius 2 is 2.08 bits per heavy atom. The minimum Gasteiger partial charge on any atom is -0.396 e. The summed E-state index contributed by atoms with van der Waals surface area (Å²) in [5, 5.41) is 18.9. The van der Waals surface area contributed by atoms with Crippen molar-refractivity contribution in [3.63, 3.8) is 0 Å². The van der Waals surface area contributed by atoms with Crippen LogP contribution in [-0.4, -0.2) is 34.1 Å². The second-order valence-corrected chi connectivity index (χ2v) is 6.78. The summed E-state index contributed by atoms with van der Waals surface area (Å²) in [6, 6.07) is 7.83. The molecule has 2 aromatic rings. The molecule has 0 unspecified atom stereocenters. The van der Waals surface area contributed by atoms with Gasteiger partial charge in [-0.2, -0.15) is 5.10 Å². The van der Waals surface area contributed by atoms with Crippen molar-refractivity contribution in [1.29, 1.82) is 0 Å². The molecule has 0 radical (unpaired) electrons. The number of nitrogens with zero attached hydrogens (tertiary/aromatic N) is 2. The van der Waals surface area contributed by atoms with Gasteiger partial charge in [-0.1, -0.05) is 32.0 Å². The van der Waals surface area contributed by atoms with Crippen LogP contribution in [-0.2, 0) is 13.6 Å². The van der Waals surface area contributed by atoms with Crippen LogP contribution in [0.2, 0.25) is 0 Å². The van der Waals surface area contributed by atoms with Gasteiger partial charge in [0.25, 0.3) is 0 Å². The van der Waals surface area contributed by atoms with Crippen LogP contribution in [0.15, 0.2) is 36.7 Å². The smallest absolute Gasteiger partial charge is 0.315 e. The molecule has 6 heteroatoms. The van der Waals surface area contributed by atoms with Crippen LogP contribution in [0.4, 0.5) is 4.79 Å². The Balaban J connectivity index is 1.87. The number of hydrogen-bond donors (Lipinski definition) is 3. The van der Waals surface area contributed by atoms with Crippen molar-refractivity contribution >= 4 is 6.03 Å². The number of aryl methyl sites for hydroxylation is 1. The summed E-state index contributed by atoms with van der Waals surface area (Å²) >= 11 is 0. The molecule has 24 heavy (non-hydrogen) atoms. The van der Waals surface area contributed by atoms with Gasteiger partial charge < -0.3 is 15.7 Å². The Labute approximate surface area is 142 Å². The van der Waals surface area contributed by atoms with Crippen LogP contribution in [0, 0.1) is 5.41 Å². The molecule has 2 amide bonds. The number of aliphatic hydroxyl groups excluding tert-OH is 1. The zero-order valence-electron chi connectivity index (χ0n) is 14.5. The fraction of sp³-hybridized carbons (Fsp3) is 0.444. The monoisotopic (exact) mass is 330 g/mol. The van der Waals surface area contributed by atoms with E-state index < -0.39 is 0 Å². The molecular weight excluding hydrogens is 304 g/mol. The molecule has 0 atom stereocenters. The SMILES string of the molecule is Cn1cc(-c2cccc(CNC(=O)NCC(C)(C)CCO)c2)cn1. The van der Waals surface area contributed by atoms with Crippen molar-refractivity contribution in [3.05, 3.63) is 42.2 Å². The summed E-state index contributed by atoms with van der Waals surface area (Å²) in [7, 11) is 1.89. The van der Waals surface area contributed by atoms with Crippen LogP contribution >= 0.6 is 0 Å². The number of carbonyl (C=O) groups is 1. The van der Waals surface area contributed by atoms with Gasteiger partial charge in [-0.25, -0.2) is 4.79 Å². The van der Waals surface area contributed by atoms with Gasteiger partial charge in [0.1, 0.15) is 0 Å². The second-order valence-electron chi connectivity index (χ2n) is 6.78. The molecule has 1 aromatic heterocycles. The van der Waals surface area contributed by atoms with E-state index in [2.05, 4.69) is 15.7 Å². The van der Waals surface area contributed by atoms with E-state index in [0.29, 0.717) is 19.5 Å². The quantitative estimate of drug-likeness (QED) is 0.729. The van der Waals surface area contributed by atoms with Crippen molar-refractivity contribution in [2.45, 2.75) is 26.8 Å². The lowest BCUT2D eigenvalue weighted by molar-refractivity contribution is 0.201. The number of aliphatic hydroxyl groups is 1. The molecule has 130 valence electrons. The Morgan fingerprint density at radius 1 is 1.29 bits per heavy atom. The summed E-state index contributed by atoms with van der Waals surface area (Å²) in [5.41, 5.74) is 3.04. The summed E-state index contributed by atoms with van der Waals surface area (Å²) in [6.07, 6.45) is 4.44. The van der Waals surface area contributed by atoms with Crippen LogP contribution in [0.1, 0.15) is 25.8 Å². The van der Waals surface area contributed by atoms with Crippen LogP contribution in [0.25, 0.3) is 11.1 Å². The summed E-state index contributed by atoms with van der Waals surface area (Å²) in [5.74, 6) is 0. The minimum absolute atomic E-state index is 0.119. The molecule has 0 fully saturated rings. The lowest BCUT2D eigenvalue weighted by Crippen LogP contribution is -2.40. The Bertz CT molecular complexity index is 679. The zero-order chi connectivity index (χ0) is 17.6. The van der Waals surface area contributed by atoms with Crippen molar-refractivity contribution in [1.82, 2.24) is 20.4 Å². The number of rotatable bonds is 7. The number of nitrogens with one attached hydrogen (secondary N) is 2. The lowest BCUT2D eigenvalue weighted by atomic mass is 9.90. The maximum atomic E-state index is 11.9. The molecule has 0 saturated heterocycles. The van der Waals surface area contributed by atoms with E-state index in [1.165, 1.54) is 0 Å². The standard InChI is InChI=1S/C18H26N4O2/c1-18(2,7-8-23)13-20-17(24)19-10-14-5-4-6-15(9-14)16-11-21-22(3)12-16/h4-6,9,11-12,23H,7-8,10,13H2,1-3H3,(H2,19,20,24). The molecule has 0 aliphatic heterocycles. The third-order valence-corrected chi connectivity index (χ3v) is 3.93. The highest BCUT2D eigenvalue weighted by Crippen LogP contribution is 2.20. The van der Waals surface area contributed by atoms with Gasteiger partial charge in [0, 0.05) is 38.5 Å². The van der Waals surface area contributed by atoms with Crippen LogP contribution in [0.3, 0.4) is 0 Å². The lowest BCUT2D eigenvalue weighted by Gasteiger charge is -2.23. The highest BCUT2D eigenvalue weighted by atomic mass is 16.3. The third-order valence-electron chi connectivity index (χ3n) is 3.93. The molecule has 0 saturated carbocycles. The number of aromatic nitrogens is 2. The summed E-state index contributed by atoms with van der Waals surface area (Å²) < 4.78 is 1.77. The first kappa shape index (κ1) is 18.0. The van der Waals surface area contributed by atoms with E-state index in [1.54, 1.807) is 4.68 Å². The van der Waals surface area contributed by atoms with Gasteiger partial charge in [0.2, 0.25) is 0 Å². The van der Waals surface area contributed by atoms with Gasteiger partial charge >= 0.3 is 6.03 Å². The first-order chi connectivity index (χ1) is 11.4. The van der Waals surface area contributed by atoms with Crippen LogP contribution < -0.4 is 10.6 Å². The molecule has 1 heterocycles. The number of benzene rings is 1. The number of carbonyl (C=O) groups excluding carboxylic acids is 1. The second kappa shape index (κ2) is 7.97. The fourth-order valence-corrected chi connectivity index (χ4v) is 2.39. The van der Waals surface area contributed by atoms with E-state index in [-0.39, 0.29) is 18.1 Å². The molecule has 1 aromatic carbocycles. The predicted octanol–water partition coefficient (Wildman–Crippen LogP) is 2.29. The topological polar surface area (TPSA) is 79.2 Å². The Hall–Kier alpha value is -2.34. The van der Waals surface area contributed by atoms with E-state index >= 15 is 0 Å². The number of urea groups is 1. The molecule has 6 nitrogen and oxygen atoms in total. The van der Waals surface area contributed by atoms with Gasteiger partial charge in [-0.15, -0.1) is 0 Å². The van der Waals surface area contributed by atoms with Crippen molar-refractivity contribution in [3.8, 4) is 11.1 Å². The molecule has 0 aliphatic carbocycles. The van der Waals surface area contributed by atoms with E-state index in [0.717, 1.165) is 16.7 Å². The third kappa shape index (κ3) is 5.38. The van der Waals surface area contributed by atoms with Crippen molar-refractivity contribution < 1.29 is 9.90 Å². The highest BCUT2D eigenvalue weighted by molar-refractivity contribution is 5.74. The van der Waals surface area contributed by atoms with E-state index in [4.69, 9.17) is 5.11 Å².